The molecular formula is C35H36O6S. The number of benzene rings is 4. The van der Waals surface area contributed by atoms with E-state index in [0.717, 1.165) is 21.6 Å². The molecule has 5 rings (SSSR count). The molecule has 0 aliphatic carbocycles. The molecule has 4 aromatic rings. The Hall–Kier alpha value is -3.46. The van der Waals surface area contributed by atoms with Crippen molar-refractivity contribution in [3.05, 3.63) is 138 Å². The van der Waals surface area contributed by atoms with E-state index in [1.54, 1.807) is 11.8 Å². The Bertz CT molecular complexity index is 1340. The summed E-state index contributed by atoms with van der Waals surface area (Å²) in [5.74, 6) is -0.378. The first kappa shape index (κ1) is 30.0. The fourth-order valence-electron chi connectivity index (χ4n) is 4.81. The number of rotatable bonds is 13. The molecule has 5 atom stereocenters. The van der Waals surface area contributed by atoms with Crippen LogP contribution in [0.4, 0.5) is 0 Å². The number of ether oxygens (including phenoxy) is 5. The molecule has 1 aliphatic rings. The summed E-state index contributed by atoms with van der Waals surface area (Å²) < 4.78 is 32.1. The van der Waals surface area contributed by atoms with Crippen LogP contribution in [-0.4, -0.2) is 42.4 Å². The third-order valence-electron chi connectivity index (χ3n) is 6.89. The number of hydrogen-bond acceptors (Lipinski definition) is 7. The number of carbonyl (C=O) groups excluding carboxylic acids is 1. The van der Waals surface area contributed by atoms with Gasteiger partial charge in [-0.3, -0.25) is 4.79 Å². The van der Waals surface area contributed by atoms with Gasteiger partial charge in [0.05, 0.1) is 19.8 Å². The molecule has 6 nitrogen and oxygen atoms in total. The van der Waals surface area contributed by atoms with E-state index >= 15 is 0 Å². The molecule has 0 radical (unpaired) electrons. The first-order chi connectivity index (χ1) is 20.7. The predicted molar refractivity (Wildman–Crippen MR) is 163 cm³/mol. The number of hydrogen-bond donors (Lipinski definition) is 0. The molecule has 1 heterocycles. The quantitative estimate of drug-likeness (QED) is 0.160. The lowest BCUT2D eigenvalue weighted by Crippen LogP contribution is -2.60. The van der Waals surface area contributed by atoms with Crippen molar-refractivity contribution in [1.82, 2.24) is 0 Å². The monoisotopic (exact) mass is 584 g/mol. The number of thioether (sulfide) groups is 1. The third-order valence-corrected chi connectivity index (χ3v) is 8.05. The Morgan fingerprint density at radius 2 is 1.05 bits per heavy atom. The molecule has 1 aliphatic heterocycles. The van der Waals surface area contributed by atoms with Crippen molar-refractivity contribution in [2.75, 3.05) is 6.61 Å². The van der Waals surface area contributed by atoms with E-state index in [1.807, 2.05) is 121 Å². The van der Waals surface area contributed by atoms with E-state index in [4.69, 9.17) is 23.7 Å². The second-order valence-corrected chi connectivity index (χ2v) is 11.2. The van der Waals surface area contributed by atoms with Crippen molar-refractivity contribution in [3.63, 3.8) is 0 Å². The van der Waals surface area contributed by atoms with Gasteiger partial charge in [0.1, 0.15) is 36.5 Å². The van der Waals surface area contributed by atoms with Crippen LogP contribution < -0.4 is 0 Å². The van der Waals surface area contributed by atoms with Crippen LogP contribution in [0.25, 0.3) is 0 Å². The van der Waals surface area contributed by atoms with Gasteiger partial charge in [0.2, 0.25) is 0 Å². The minimum atomic E-state index is -0.573. The maximum absolute atomic E-state index is 11.9. The summed E-state index contributed by atoms with van der Waals surface area (Å²) in [6.45, 7) is 2.53. The fraction of sp³-hybridized carbons (Fsp3) is 0.286. The highest BCUT2D eigenvalue weighted by atomic mass is 32.2. The average molecular weight is 585 g/mol. The minimum Gasteiger partial charge on any atom is -0.463 e. The Labute approximate surface area is 251 Å². The molecule has 0 N–H and O–H groups in total. The van der Waals surface area contributed by atoms with Crippen molar-refractivity contribution in [2.24, 2.45) is 0 Å². The van der Waals surface area contributed by atoms with Gasteiger partial charge in [-0.25, -0.2) is 0 Å². The maximum atomic E-state index is 11.9. The highest BCUT2D eigenvalue weighted by Gasteiger charge is 2.49. The smallest absolute Gasteiger partial charge is 0.302 e. The summed E-state index contributed by atoms with van der Waals surface area (Å²) in [4.78, 5) is 12.9. The van der Waals surface area contributed by atoms with E-state index in [-0.39, 0.29) is 12.6 Å². The zero-order chi connectivity index (χ0) is 29.0. The van der Waals surface area contributed by atoms with Gasteiger partial charge in [0.25, 0.3) is 0 Å². The van der Waals surface area contributed by atoms with Crippen LogP contribution in [0.2, 0.25) is 0 Å². The van der Waals surface area contributed by atoms with Gasteiger partial charge in [-0.15, -0.1) is 0 Å². The zero-order valence-electron chi connectivity index (χ0n) is 23.6. The minimum absolute atomic E-state index is 0.0389. The van der Waals surface area contributed by atoms with Gasteiger partial charge in [0.15, 0.2) is 0 Å². The van der Waals surface area contributed by atoms with Crippen molar-refractivity contribution >= 4 is 17.7 Å². The van der Waals surface area contributed by atoms with Crippen LogP contribution in [0.3, 0.4) is 0 Å². The molecule has 1 saturated heterocycles. The first-order valence-corrected chi connectivity index (χ1v) is 15.0. The van der Waals surface area contributed by atoms with Gasteiger partial charge in [0, 0.05) is 11.8 Å². The molecule has 4 aromatic carbocycles. The van der Waals surface area contributed by atoms with E-state index in [1.165, 1.54) is 6.92 Å². The lowest BCUT2D eigenvalue weighted by atomic mass is 9.99. The normalized spacial score (nSPS) is 22.0. The second kappa shape index (κ2) is 15.7. The summed E-state index contributed by atoms with van der Waals surface area (Å²) in [7, 11) is 0. The van der Waals surface area contributed by atoms with Crippen molar-refractivity contribution in [3.8, 4) is 0 Å². The molecule has 7 heteroatoms. The van der Waals surface area contributed by atoms with Gasteiger partial charge in [-0.05, 0) is 28.8 Å². The molecule has 0 bridgehead atoms. The number of carbonyl (C=O) groups is 1. The van der Waals surface area contributed by atoms with E-state index in [9.17, 15) is 4.79 Å². The Morgan fingerprint density at radius 3 is 1.52 bits per heavy atom. The average Bonchev–Trinajstić information content (AvgIpc) is 3.03. The van der Waals surface area contributed by atoms with Crippen LogP contribution in [0.1, 0.15) is 23.6 Å². The standard InChI is InChI=1S/C35H36O6S/c1-26(36)37-25-31-32(38-22-27-14-6-2-7-15-27)33(39-23-28-16-8-3-9-17-28)34(40-24-29-18-10-4-11-19-29)35(41-31)42-30-20-12-5-13-21-30/h2-21,31-35H,22-25H2,1H3/t31-,32+,33+,34-,35+/m1/s1. The SMILES string of the molecule is CC(=O)OC[C@H]1O[C@@H](Sc2ccccc2)[C@H](OCc2ccccc2)[C@@H](OCc2ccccc2)[C@H]1OCc1ccccc1. The topological polar surface area (TPSA) is 63.2 Å². The molecule has 1 fully saturated rings. The van der Waals surface area contributed by atoms with Crippen LogP contribution in [0.15, 0.2) is 126 Å². The summed E-state index contributed by atoms with van der Waals surface area (Å²) in [6.07, 6.45) is -2.15. The highest BCUT2D eigenvalue weighted by molar-refractivity contribution is 7.99. The molecule has 0 aromatic heterocycles. The van der Waals surface area contributed by atoms with Gasteiger partial charge in [-0.1, -0.05) is 121 Å². The van der Waals surface area contributed by atoms with Crippen LogP contribution in [0.5, 0.6) is 0 Å². The molecule has 218 valence electrons. The summed E-state index contributed by atoms with van der Waals surface area (Å²) >= 11 is 1.56. The second-order valence-electron chi connectivity index (χ2n) is 10.1. The molecular weight excluding hydrogens is 548 g/mol. The first-order valence-electron chi connectivity index (χ1n) is 14.1. The van der Waals surface area contributed by atoms with Crippen molar-refractivity contribution in [1.29, 1.82) is 0 Å². The molecule has 0 spiro atoms. The van der Waals surface area contributed by atoms with E-state index in [2.05, 4.69) is 0 Å². The predicted octanol–water partition coefficient (Wildman–Crippen LogP) is 6.82. The maximum Gasteiger partial charge on any atom is 0.302 e. The van der Waals surface area contributed by atoms with Crippen LogP contribution in [-0.2, 0) is 48.3 Å². The molecule has 0 saturated carbocycles. The van der Waals surface area contributed by atoms with Crippen molar-refractivity contribution in [2.45, 2.75) is 61.5 Å². The van der Waals surface area contributed by atoms with Gasteiger partial charge < -0.3 is 23.7 Å². The molecule has 0 amide bonds. The largest absolute Gasteiger partial charge is 0.463 e. The summed E-state index contributed by atoms with van der Waals surface area (Å²) in [6, 6.07) is 40.1. The number of esters is 1. The van der Waals surface area contributed by atoms with Gasteiger partial charge >= 0.3 is 5.97 Å². The Morgan fingerprint density at radius 1 is 0.619 bits per heavy atom. The van der Waals surface area contributed by atoms with Crippen LogP contribution in [0, 0.1) is 0 Å². The summed E-state index contributed by atoms with van der Waals surface area (Å²) in [5, 5.41) is 0. The lowest BCUT2D eigenvalue weighted by molar-refractivity contribution is -0.253. The Kier molecular flexibility index (Phi) is 11.2. The Balaban J connectivity index is 1.47. The molecule has 0 unspecified atom stereocenters. The van der Waals surface area contributed by atoms with Gasteiger partial charge in [-0.2, -0.15) is 0 Å². The van der Waals surface area contributed by atoms with Crippen LogP contribution >= 0.6 is 11.8 Å². The molecule has 42 heavy (non-hydrogen) atoms. The summed E-state index contributed by atoms with van der Waals surface area (Å²) in [5.41, 5.74) is 2.66. The van der Waals surface area contributed by atoms with Crippen molar-refractivity contribution < 1.29 is 28.5 Å². The third kappa shape index (κ3) is 8.77. The van der Waals surface area contributed by atoms with E-state index < -0.39 is 29.9 Å². The zero-order valence-corrected chi connectivity index (χ0v) is 24.4. The lowest BCUT2D eigenvalue weighted by Gasteiger charge is -2.45. The highest BCUT2D eigenvalue weighted by Crippen LogP contribution is 2.38. The fourth-order valence-corrected chi connectivity index (χ4v) is 5.96. The van der Waals surface area contributed by atoms with E-state index in [0.29, 0.717) is 19.8 Å².